The van der Waals surface area contributed by atoms with Crippen LogP contribution in [-0.2, 0) is 10.0 Å². The molecule has 1 unspecified atom stereocenters. The second kappa shape index (κ2) is 5.51. The maximum Gasteiger partial charge on any atom is 0.331 e. The number of fused-ring (bicyclic) bond motifs is 1. The standard InChI is InChI=1S/C13H17N3O3S/c17-20(18,15-9-10-4-3-7-14-8-10)13-16-11-5-1-2-6-12(11)19-13/h1-2,5-6,10,14-15H,3-4,7-9H2. The van der Waals surface area contributed by atoms with Crippen LogP contribution in [0.4, 0.5) is 0 Å². The summed E-state index contributed by atoms with van der Waals surface area (Å²) in [6, 6.07) is 7.00. The smallest absolute Gasteiger partial charge is 0.331 e. The zero-order valence-corrected chi connectivity index (χ0v) is 11.8. The number of hydrogen-bond donors (Lipinski definition) is 2. The quantitative estimate of drug-likeness (QED) is 0.882. The summed E-state index contributed by atoms with van der Waals surface area (Å²) in [5, 5.41) is 3.00. The van der Waals surface area contributed by atoms with Gasteiger partial charge in [0.05, 0.1) is 0 Å². The number of nitrogens with zero attached hydrogens (tertiary/aromatic N) is 1. The highest BCUT2D eigenvalue weighted by molar-refractivity contribution is 7.89. The largest absolute Gasteiger partial charge is 0.427 e. The number of piperidine rings is 1. The minimum absolute atomic E-state index is 0.262. The number of sulfonamides is 1. The summed E-state index contributed by atoms with van der Waals surface area (Å²) >= 11 is 0. The molecule has 20 heavy (non-hydrogen) atoms. The molecule has 1 fully saturated rings. The van der Waals surface area contributed by atoms with E-state index < -0.39 is 10.0 Å². The van der Waals surface area contributed by atoms with Crippen LogP contribution in [0, 0.1) is 5.92 Å². The van der Waals surface area contributed by atoms with E-state index in [4.69, 9.17) is 4.42 Å². The molecule has 2 N–H and O–H groups in total. The van der Waals surface area contributed by atoms with Crippen LogP contribution in [0.15, 0.2) is 33.9 Å². The van der Waals surface area contributed by atoms with Crippen molar-refractivity contribution in [3.05, 3.63) is 24.3 Å². The van der Waals surface area contributed by atoms with Crippen molar-refractivity contribution in [3.63, 3.8) is 0 Å². The van der Waals surface area contributed by atoms with Gasteiger partial charge < -0.3 is 9.73 Å². The molecule has 2 heterocycles. The first-order chi connectivity index (χ1) is 9.65. The molecule has 1 aromatic heterocycles. The van der Waals surface area contributed by atoms with Crippen LogP contribution in [-0.4, -0.2) is 33.0 Å². The van der Waals surface area contributed by atoms with E-state index in [-0.39, 0.29) is 5.22 Å². The van der Waals surface area contributed by atoms with Gasteiger partial charge in [-0.3, -0.25) is 0 Å². The van der Waals surface area contributed by atoms with Crippen molar-refractivity contribution in [1.82, 2.24) is 15.0 Å². The van der Waals surface area contributed by atoms with Crippen molar-refractivity contribution >= 4 is 21.1 Å². The second-order valence-electron chi connectivity index (χ2n) is 5.01. The molecule has 108 valence electrons. The number of benzene rings is 1. The molecular formula is C13H17N3O3S. The van der Waals surface area contributed by atoms with Gasteiger partial charge >= 0.3 is 5.22 Å². The molecule has 6 nitrogen and oxygen atoms in total. The lowest BCUT2D eigenvalue weighted by atomic mass is 10.0. The van der Waals surface area contributed by atoms with Crippen molar-refractivity contribution in [2.45, 2.75) is 18.1 Å². The summed E-state index contributed by atoms with van der Waals surface area (Å²) in [5.41, 5.74) is 1.03. The van der Waals surface area contributed by atoms with Gasteiger partial charge in [-0.1, -0.05) is 12.1 Å². The van der Waals surface area contributed by atoms with E-state index in [1.165, 1.54) is 0 Å². The summed E-state index contributed by atoms with van der Waals surface area (Å²) in [6.45, 7) is 2.26. The topological polar surface area (TPSA) is 84.2 Å². The number of hydrogen-bond acceptors (Lipinski definition) is 5. The summed E-state index contributed by atoms with van der Waals surface area (Å²) in [5.74, 6) is 0.322. The highest BCUT2D eigenvalue weighted by Crippen LogP contribution is 2.18. The number of rotatable bonds is 4. The van der Waals surface area contributed by atoms with Gasteiger partial charge in [-0.25, -0.2) is 13.1 Å². The fraction of sp³-hybridized carbons (Fsp3) is 0.462. The van der Waals surface area contributed by atoms with Gasteiger partial charge in [0.2, 0.25) is 0 Å². The minimum Gasteiger partial charge on any atom is -0.427 e. The molecular weight excluding hydrogens is 278 g/mol. The third kappa shape index (κ3) is 2.84. The van der Waals surface area contributed by atoms with Crippen LogP contribution >= 0.6 is 0 Å². The zero-order chi connectivity index (χ0) is 14.0. The fourth-order valence-corrected chi connectivity index (χ4v) is 3.35. The van der Waals surface area contributed by atoms with Gasteiger partial charge in [0, 0.05) is 6.54 Å². The molecule has 2 aromatic rings. The lowest BCUT2D eigenvalue weighted by Crippen LogP contribution is -2.38. The molecule has 1 aromatic carbocycles. The van der Waals surface area contributed by atoms with E-state index in [0.29, 0.717) is 23.6 Å². The Hall–Kier alpha value is -1.44. The summed E-state index contributed by atoms with van der Waals surface area (Å²) in [6.07, 6.45) is 2.11. The number of nitrogens with one attached hydrogen (secondary N) is 2. The Morgan fingerprint density at radius 2 is 2.25 bits per heavy atom. The maximum absolute atomic E-state index is 12.2. The maximum atomic E-state index is 12.2. The van der Waals surface area contributed by atoms with Crippen LogP contribution in [0.3, 0.4) is 0 Å². The minimum atomic E-state index is -3.68. The number of oxazole rings is 1. The second-order valence-corrected chi connectivity index (χ2v) is 6.66. The van der Waals surface area contributed by atoms with Crippen molar-refractivity contribution in [3.8, 4) is 0 Å². The molecule has 0 spiro atoms. The van der Waals surface area contributed by atoms with Crippen molar-refractivity contribution in [2.75, 3.05) is 19.6 Å². The molecule has 7 heteroatoms. The predicted octanol–water partition coefficient (Wildman–Crippen LogP) is 1.11. The molecule has 0 amide bonds. The van der Waals surface area contributed by atoms with Crippen LogP contribution in [0.1, 0.15) is 12.8 Å². The Bertz CT molecular complexity index is 657. The average molecular weight is 295 g/mol. The van der Waals surface area contributed by atoms with Gasteiger partial charge in [-0.2, -0.15) is 4.98 Å². The molecule has 0 saturated carbocycles. The third-order valence-corrected chi connectivity index (χ3v) is 4.65. The van der Waals surface area contributed by atoms with E-state index in [2.05, 4.69) is 15.0 Å². The van der Waals surface area contributed by atoms with E-state index in [9.17, 15) is 8.42 Å². The summed E-state index contributed by atoms with van der Waals surface area (Å²) in [4.78, 5) is 4.02. The number of para-hydroxylation sites is 2. The lowest BCUT2D eigenvalue weighted by molar-refractivity contribution is 0.373. The normalized spacial score (nSPS) is 20.3. The van der Waals surface area contributed by atoms with Crippen molar-refractivity contribution in [1.29, 1.82) is 0 Å². The molecule has 1 aliphatic rings. The Balaban J connectivity index is 1.73. The van der Waals surface area contributed by atoms with Crippen LogP contribution in [0.5, 0.6) is 0 Å². The van der Waals surface area contributed by atoms with E-state index >= 15 is 0 Å². The van der Waals surface area contributed by atoms with Crippen LogP contribution in [0.25, 0.3) is 11.1 Å². The van der Waals surface area contributed by atoms with Gasteiger partial charge in [0.25, 0.3) is 10.0 Å². The van der Waals surface area contributed by atoms with Crippen LogP contribution < -0.4 is 10.0 Å². The van der Waals surface area contributed by atoms with Crippen molar-refractivity contribution < 1.29 is 12.8 Å². The highest BCUT2D eigenvalue weighted by Gasteiger charge is 2.23. The van der Waals surface area contributed by atoms with Gasteiger partial charge in [-0.15, -0.1) is 0 Å². The van der Waals surface area contributed by atoms with E-state index in [1.54, 1.807) is 24.3 Å². The molecule has 3 rings (SSSR count). The van der Waals surface area contributed by atoms with Gasteiger partial charge in [0.15, 0.2) is 5.58 Å². The first kappa shape index (κ1) is 13.5. The first-order valence-corrected chi connectivity index (χ1v) is 8.19. The molecule has 0 aliphatic carbocycles. The van der Waals surface area contributed by atoms with Crippen molar-refractivity contribution in [2.24, 2.45) is 5.92 Å². The van der Waals surface area contributed by atoms with E-state index in [0.717, 1.165) is 25.9 Å². The Kier molecular flexibility index (Phi) is 3.73. The first-order valence-electron chi connectivity index (χ1n) is 6.71. The summed E-state index contributed by atoms with van der Waals surface area (Å²) in [7, 11) is -3.68. The monoisotopic (exact) mass is 295 g/mol. The fourth-order valence-electron chi connectivity index (χ4n) is 2.35. The Morgan fingerprint density at radius 1 is 1.40 bits per heavy atom. The average Bonchev–Trinajstić information content (AvgIpc) is 2.91. The Labute approximate surface area is 117 Å². The molecule has 1 aliphatic heterocycles. The Morgan fingerprint density at radius 3 is 3.00 bits per heavy atom. The van der Waals surface area contributed by atoms with Gasteiger partial charge in [-0.05, 0) is 44.0 Å². The zero-order valence-electron chi connectivity index (χ0n) is 11.0. The molecule has 0 radical (unpaired) electrons. The molecule has 0 bridgehead atoms. The lowest BCUT2D eigenvalue weighted by Gasteiger charge is -2.22. The highest BCUT2D eigenvalue weighted by atomic mass is 32.2. The number of aromatic nitrogens is 1. The molecule has 1 saturated heterocycles. The third-order valence-electron chi connectivity index (χ3n) is 3.47. The van der Waals surface area contributed by atoms with Crippen LogP contribution in [0.2, 0.25) is 0 Å². The van der Waals surface area contributed by atoms with Gasteiger partial charge in [0.1, 0.15) is 5.52 Å². The summed E-state index contributed by atoms with van der Waals surface area (Å²) < 4.78 is 32.2. The predicted molar refractivity (Wildman–Crippen MR) is 74.8 cm³/mol. The molecule has 1 atom stereocenters. The van der Waals surface area contributed by atoms with E-state index in [1.807, 2.05) is 0 Å². The SMILES string of the molecule is O=S(=O)(NCC1CCCNC1)c1nc2ccccc2o1.